The summed E-state index contributed by atoms with van der Waals surface area (Å²) in [5, 5.41) is 3.80. The molecule has 1 aliphatic rings. The molecule has 1 amide bonds. The van der Waals surface area contributed by atoms with Gasteiger partial charge >= 0.3 is 12.1 Å². The van der Waals surface area contributed by atoms with Gasteiger partial charge in [0.1, 0.15) is 23.5 Å². The summed E-state index contributed by atoms with van der Waals surface area (Å²) < 4.78 is 22.8. The fourth-order valence-corrected chi connectivity index (χ4v) is 4.97. The highest BCUT2D eigenvalue weighted by Crippen LogP contribution is 2.35. The number of hydrogen-bond donors (Lipinski definition) is 1. The maximum atomic E-state index is 12.3. The number of ether oxygens (including phenoxy) is 3. The van der Waals surface area contributed by atoms with E-state index in [1.54, 1.807) is 6.26 Å². The highest BCUT2D eigenvalue weighted by molar-refractivity contribution is 5.93. The van der Waals surface area contributed by atoms with Gasteiger partial charge < -0.3 is 23.9 Å². The number of furan rings is 1. The van der Waals surface area contributed by atoms with Crippen LogP contribution in [0.15, 0.2) is 71.3 Å². The third-order valence-corrected chi connectivity index (χ3v) is 7.07. The summed E-state index contributed by atoms with van der Waals surface area (Å²) >= 11 is 0. The van der Waals surface area contributed by atoms with Gasteiger partial charge in [-0.3, -0.25) is 4.79 Å². The van der Waals surface area contributed by atoms with Gasteiger partial charge in [-0.15, -0.1) is 0 Å². The Morgan fingerprint density at radius 2 is 1.81 bits per heavy atom. The number of hydrogen-bond acceptors (Lipinski definition) is 6. The SMILES string of the molecule is CCOC(=O)Cc1ccc(CC2CC2)cc1OCc1cc(-c2cccc(CNC(=O)OC(C)(C)C)c2)c2occc2c1. The molecule has 0 aliphatic heterocycles. The lowest BCUT2D eigenvalue weighted by Crippen LogP contribution is -2.32. The van der Waals surface area contributed by atoms with E-state index in [1.807, 2.05) is 64.1 Å². The summed E-state index contributed by atoms with van der Waals surface area (Å²) in [5.74, 6) is 1.20. The van der Waals surface area contributed by atoms with E-state index in [1.165, 1.54) is 18.4 Å². The zero-order chi connectivity index (χ0) is 29.7. The van der Waals surface area contributed by atoms with Crippen molar-refractivity contribution in [3.8, 4) is 16.9 Å². The number of amides is 1. The Labute approximate surface area is 247 Å². The summed E-state index contributed by atoms with van der Waals surface area (Å²) in [6, 6.07) is 20.2. The summed E-state index contributed by atoms with van der Waals surface area (Å²) in [6.45, 7) is 8.34. The van der Waals surface area contributed by atoms with Gasteiger partial charge in [0.05, 0.1) is 19.3 Å². The molecule has 0 radical (unpaired) electrons. The topological polar surface area (TPSA) is 87.0 Å². The molecule has 7 nitrogen and oxygen atoms in total. The Hall–Kier alpha value is -4.26. The van der Waals surface area contributed by atoms with E-state index in [0.29, 0.717) is 25.5 Å². The van der Waals surface area contributed by atoms with E-state index in [0.717, 1.165) is 51.1 Å². The first-order chi connectivity index (χ1) is 20.2. The van der Waals surface area contributed by atoms with Crippen molar-refractivity contribution in [2.75, 3.05) is 6.61 Å². The van der Waals surface area contributed by atoms with Crippen molar-refractivity contribution >= 4 is 23.0 Å². The third-order valence-electron chi connectivity index (χ3n) is 7.07. The molecule has 1 saturated carbocycles. The highest BCUT2D eigenvalue weighted by Gasteiger charge is 2.22. The molecule has 0 unspecified atom stereocenters. The van der Waals surface area contributed by atoms with Crippen LogP contribution in [0.1, 0.15) is 62.8 Å². The Morgan fingerprint density at radius 1 is 0.976 bits per heavy atom. The van der Waals surface area contributed by atoms with E-state index < -0.39 is 11.7 Å². The maximum absolute atomic E-state index is 12.3. The van der Waals surface area contributed by atoms with Crippen molar-refractivity contribution in [1.82, 2.24) is 5.32 Å². The molecule has 5 rings (SSSR count). The van der Waals surface area contributed by atoms with Crippen LogP contribution in [0.5, 0.6) is 5.75 Å². The molecule has 3 aromatic carbocycles. The van der Waals surface area contributed by atoms with Crippen LogP contribution in [0.4, 0.5) is 4.79 Å². The zero-order valence-electron chi connectivity index (χ0n) is 24.8. The molecule has 0 spiro atoms. The summed E-state index contributed by atoms with van der Waals surface area (Å²) in [5.41, 5.74) is 6.09. The molecule has 220 valence electrons. The predicted molar refractivity (Wildman–Crippen MR) is 162 cm³/mol. The van der Waals surface area contributed by atoms with Gasteiger partial charge in [-0.1, -0.05) is 30.3 Å². The summed E-state index contributed by atoms with van der Waals surface area (Å²) in [6.07, 6.45) is 4.97. The third kappa shape index (κ3) is 7.93. The number of carbonyl (C=O) groups excluding carboxylic acids is 2. The predicted octanol–water partition coefficient (Wildman–Crippen LogP) is 7.76. The average molecular weight is 570 g/mol. The number of esters is 1. The highest BCUT2D eigenvalue weighted by atomic mass is 16.6. The molecule has 1 fully saturated rings. The van der Waals surface area contributed by atoms with Gasteiger partial charge in [0.15, 0.2) is 0 Å². The van der Waals surface area contributed by atoms with E-state index in [-0.39, 0.29) is 12.4 Å². The maximum Gasteiger partial charge on any atom is 0.407 e. The standard InChI is InChI=1S/C35H39NO6/c1-5-39-32(37)20-28-12-11-24(15-23-9-10-23)19-31(28)41-22-26-17-29-13-14-40-33(29)30(18-26)27-8-6-7-25(16-27)21-36-34(38)42-35(2,3)4/h6-8,11-14,16-19,23H,5,9-10,15,20-22H2,1-4H3,(H,36,38). The Bertz CT molecular complexity index is 1560. The van der Waals surface area contributed by atoms with Crippen molar-refractivity contribution < 1.29 is 28.2 Å². The lowest BCUT2D eigenvalue weighted by atomic mass is 9.99. The minimum Gasteiger partial charge on any atom is -0.489 e. The molecular weight excluding hydrogens is 530 g/mol. The number of rotatable bonds is 11. The smallest absolute Gasteiger partial charge is 0.407 e. The van der Waals surface area contributed by atoms with Gasteiger partial charge in [0.25, 0.3) is 0 Å². The molecule has 4 aromatic rings. The number of carbonyl (C=O) groups is 2. The van der Waals surface area contributed by atoms with Crippen LogP contribution in [-0.4, -0.2) is 24.3 Å². The molecule has 1 heterocycles. The Kier molecular flexibility index (Phi) is 8.86. The molecule has 7 heteroatoms. The minimum atomic E-state index is -0.558. The van der Waals surface area contributed by atoms with Crippen molar-refractivity contribution in [2.45, 2.75) is 72.1 Å². The second-order valence-electron chi connectivity index (χ2n) is 11.9. The lowest BCUT2D eigenvalue weighted by molar-refractivity contribution is -0.142. The molecule has 0 bridgehead atoms. The van der Waals surface area contributed by atoms with Crippen LogP contribution in [-0.2, 0) is 40.3 Å². The molecule has 0 saturated heterocycles. The minimum absolute atomic E-state index is 0.170. The first-order valence-corrected chi connectivity index (χ1v) is 14.6. The lowest BCUT2D eigenvalue weighted by Gasteiger charge is -2.19. The molecule has 1 aliphatic carbocycles. The molecule has 1 N–H and O–H groups in total. The number of fused-ring (bicyclic) bond motifs is 1. The van der Waals surface area contributed by atoms with Crippen molar-refractivity contribution in [1.29, 1.82) is 0 Å². The van der Waals surface area contributed by atoms with Gasteiger partial charge in [-0.2, -0.15) is 0 Å². The molecular formula is C35H39NO6. The molecule has 42 heavy (non-hydrogen) atoms. The van der Waals surface area contributed by atoms with Gasteiger partial charge in [-0.25, -0.2) is 4.79 Å². The van der Waals surface area contributed by atoms with Crippen molar-refractivity contribution in [2.24, 2.45) is 5.92 Å². The number of alkyl carbamates (subject to hydrolysis) is 1. The Morgan fingerprint density at radius 3 is 2.57 bits per heavy atom. The zero-order valence-corrected chi connectivity index (χ0v) is 24.8. The summed E-state index contributed by atoms with van der Waals surface area (Å²) in [4.78, 5) is 24.4. The molecule has 0 atom stereocenters. The van der Waals surface area contributed by atoms with Crippen LogP contribution in [0.25, 0.3) is 22.1 Å². The quantitative estimate of drug-likeness (QED) is 0.186. The van der Waals surface area contributed by atoms with Crippen molar-refractivity contribution in [3.63, 3.8) is 0 Å². The average Bonchev–Trinajstić information content (AvgIpc) is 3.63. The van der Waals surface area contributed by atoms with Crippen LogP contribution < -0.4 is 10.1 Å². The van der Waals surface area contributed by atoms with Gasteiger partial charge in [-0.05, 0) is 105 Å². The van der Waals surface area contributed by atoms with Gasteiger partial charge in [0, 0.05) is 23.1 Å². The van der Waals surface area contributed by atoms with E-state index in [2.05, 4.69) is 29.6 Å². The van der Waals surface area contributed by atoms with Crippen molar-refractivity contribution in [3.05, 3.63) is 89.2 Å². The first kappa shape index (κ1) is 29.2. The number of nitrogens with one attached hydrogen (secondary N) is 1. The van der Waals surface area contributed by atoms with Crippen LogP contribution >= 0.6 is 0 Å². The molecule has 1 aromatic heterocycles. The van der Waals surface area contributed by atoms with E-state index >= 15 is 0 Å². The summed E-state index contributed by atoms with van der Waals surface area (Å²) in [7, 11) is 0. The largest absolute Gasteiger partial charge is 0.489 e. The van der Waals surface area contributed by atoms with E-state index in [9.17, 15) is 9.59 Å². The second kappa shape index (κ2) is 12.7. The van der Waals surface area contributed by atoms with E-state index in [4.69, 9.17) is 18.6 Å². The monoisotopic (exact) mass is 569 g/mol. The van der Waals surface area contributed by atoms with Crippen LogP contribution in [0.2, 0.25) is 0 Å². The normalized spacial score (nSPS) is 13.1. The van der Waals surface area contributed by atoms with Crippen LogP contribution in [0, 0.1) is 5.92 Å². The fourth-order valence-electron chi connectivity index (χ4n) is 4.97. The second-order valence-corrected chi connectivity index (χ2v) is 11.9. The first-order valence-electron chi connectivity index (χ1n) is 14.6. The Balaban J connectivity index is 1.36. The van der Waals surface area contributed by atoms with Crippen LogP contribution in [0.3, 0.4) is 0 Å². The fraction of sp³-hybridized carbons (Fsp3) is 0.371. The van der Waals surface area contributed by atoms with Gasteiger partial charge in [0.2, 0.25) is 0 Å². The number of benzene rings is 3.